The van der Waals surface area contributed by atoms with Gasteiger partial charge < -0.3 is 10.5 Å². The molecule has 0 spiro atoms. The van der Waals surface area contributed by atoms with Gasteiger partial charge in [-0.15, -0.1) is 0 Å². The highest BCUT2D eigenvalue weighted by molar-refractivity contribution is 7.80. The largest absolute Gasteiger partial charge is 0.496 e. The molecule has 1 unspecified atom stereocenters. The summed E-state index contributed by atoms with van der Waals surface area (Å²) in [6.45, 7) is 5.79. The van der Waals surface area contributed by atoms with E-state index in [9.17, 15) is 0 Å². The van der Waals surface area contributed by atoms with Gasteiger partial charge in [-0.1, -0.05) is 18.3 Å². The van der Waals surface area contributed by atoms with E-state index in [4.69, 9.17) is 22.7 Å². The van der Waals surface area contributed by atoms with E-state index >= 15 is 0 Å². The Labute approximate surface area is 131 Å². The first-order valence-corrected chi connectivity index (χ1v) is 8.01. The highest BCUT2D eigenvalue weighted by Gasteiger charge is 2.30. The molecule has 0 saturated carbocycles. The van der Waals surface area contributed by atoms with Gasteiger partial charge in [-0.3, -0.25) is 9.80 Å². The lowest BCUT2D eigenvalue weighted by atomic mass is 10.1. The van der Waals surface area contributed by atoms with Crippen LogP contribution in [0.1, 0.15) is 24.0 Å². The van der Waals surface area contributed by atoms with Crippen LogP contribution in [-0.4, -0.2) is 54.1 Å². The lowest BCUT2D eigenvalue weighted by Crippen LogP contribution is -2.49. The molecule has 3 rings (SSSR count). The van der Waals surface area contributed by atoms with Crippen LogP contribution in [0, 0.1) is 0 Å². The Balaban J connectivity index is 1.69. The van der Waals surface area contributed by atoms with Gasteiger partial charge in [0, 0.05) is 32.2 Å². The summed E-state index contributed by atoms with van der Waals surface area (Å²) < 4.78 is 5.41. The molecule has 1 aromatic rings. The molecule has 0 amide bonds. The van der Waals surface area contributed by atoms with Crippen molar-refractivity contribution in [2.24, 2.45) is 5.73 Å². The number of thiocarbonyl (C=S) groups is 1. The quantitative estimate of drug-likeness (QED) is 0.856. The van der Waals surface area contributed by atoms with Crippen molar-refractivity contribution in [3.8, 4) is 5.75 Å². The Morgan fingerprint density at radius 1 is 1.38 bits per heavy atom. The highest BCUT2D eigenvalue weighted by Crippen LogP contribution is 2.24. The number of benzene rings is 1. The second-order valence-electron chi connectivity index (χ2n) is 5.97. The smallest absolute Gasteiger partial charge is 0.129 e. The molecule has 2 fully saturated rings. The molecule has 114 valence electrons. The van der Waals surface area contributed by atoms with Crippen molar-refractivity contribution < 1.29 is 4.74 Å². The van der Waals surface area contributed by atoms with Crippen molar-refractivity contribution in [1.29, 1.82) is 0 Å². The minimum atomic E-state index is 0.387. The fraction of sp³-hybridized carbons (Fsp3) is 0.562. The normalized spacial score (nSPS) is 23.0. The third-order valence-corrected chi connectivity index (χ3v) is 4.83. The molecule has 21 heavy (non-hydrogen) atoms. The van der Waals surface area contributed by atoms with Crippen LogP contribution >= 0.6 is 12.2 Å². The lowest BCUT2D eigenvalue weighted by molar-refractivity contribution is 0.0993. The van der Waals surface area contributed by atoms with E-state index < -0.39 is 0 Å². The zero-order chi connectivity index (χ0) is 14.8. The highest BCUT2D eigenvalue weighted by atomic mass is 32.1. The molecular formula is C16H23N3OS. The van der Waals surface area contributed by atoms with E-state index in [0.29, 0.717) is 4.99 Å². The predicted molar refractivity (Wildman–Crippen MR) is 88.8 cm³/mol. The summed E-state index contributed by atoms with van der Waals surface area (Å²) in [6.07, 6.45) is 2.70. The Morgan fingerprint density at radius 3 is 3.00 bits per heavy atom. The Morgan fingerprint density at radius 2 is 2.24 bits per heavy atom. The van der Waals surface area contributed by atoms with Crippen molar-refractivity contribution >= 4 is 17.2 Å². The van der Waals surface area contributed by atoms with E-state index in [2.05, 4.69) is 21.9 Å². The number of ether oxygens (including phenoxy) is 1. The summed E-state index contributed by atoms with van der Waals surface area (Å²) in [5, 5.41) is 0. The topological polar surface area (TPSA) is 41.7 Å². The minimum Gasteiger partial charge on any atom is -0.496 e. The number of hydrogen-bond acceptors (Lipinski definition) is 4. The van der Waals surface area contributed by atoms with E-state index in [0.717, 1.165) is 30.4 Å². The zero-order valence-electron chi connectivity index (χ0n) is 12.5. The van der Waals surface area contributed by atoms with Crippen LogP contribution in [-0.2, 0) is 6.54 Å². The van der Waals surface area contributed by atoms with Gasteiger partial charge in [0.15, 0.2) is 0 Å². The van der Waals surface area contributed by atoms with E-state index in [1.165, 1.54) is 38.0 Å². The third kappa shape index (κ3) is 3.20. The third-order valence-electron chi connectivity index (χ3n) is 4.61. The summed E-state index contributed by atoms with van der Waals surface area (Å²) in [5.41, 5.74) is 7.80. The van der Waals surface area contributed by atoms with Crippen LogP contribution in [0.25, 0.3) is 0 Å². The summed E-state index contributed by atoms with van der Waals surface area (Å²) >= 11 is 5.05. The molecule has 4 nitrogen and oxygen atoms in total. The first kappa shape index (κ1) is 14.8. The standard InChI is InChI=1S/C16H23N3OS/c1-20-15-9-12(4-5-14(15)16(17)21)10-18-7-8-19-6-2-3-13(19)11-18/h4-5,9,13H,2-3,6-8,10-11H2,1H3,(H2,17,21). The van der Waals surface area contributed by atoms with Gasteiger partial charge in [0.25, 0.3) is 0 Å². The van der Waals surface area contributed by atoms with Crippen LogP contribution in [0.15, 0.2) is 18.2 Å². The molecule has 2 heterocycles. The average molecular weight is 305 g/mol. The molecule has 2 aliphatic rings. The number of hydrogen-bond donors (Lipinski definition) is 1. The zero-order valence-corrected chi connectivity index (χ0v) is 13.4. The first-order valence-electron chi connectivity index (χ1n) is 7.60. The fourth-order valence-electron chi connectivity index (χ4n) is 3.49. The predicted octanol–water partition coefficient (Wildman–Crippen LogP) is 1.61. The van der Waals surface area contributed by atoms with E-state index in [1.54, 1.807) is 7.11 Å². The van der Waals surface area contributed by atoms with Gasteiger partial charge in [-0.05, 0) is 37.1 Å². The van der Waals surface area contributed by atoms with Gasteiger partial charge >= 0.3 is 0 Å². The van der Waals surface area contributed by atoms with Crippen LogP contribution in [0.2, 0.25) is 0 Å². The van der Waals surface area contributed by atoms with Crippen molar-refractivity contribution in [3.05, 3.63) is 29.3 Å². The first-order chi connectivity index (χ1) is 10.2. The van der Waals surface area contributed by atoms with Crippen LogP contribution in [0.4, 0.5) is 0 Å². The Bertz CT molecular complexity index is 534. The molecule has 0 radical (unpaired) electrons. The molecule has 2 aliphatic heterocycles. The second-order valence-corrected chi connectivity index (χ2v) is 6.41. The number of methoxy groups -OCH3 is 1. The van der Waals surface area contributed by atoms with Gasteiger partial charge in [0.05, 0.1) is 12.7 Å². The number of nitrogens with zero attached hydrogens (tertiary/aromatic N) is 2. The molecule has 0 aliphatic carbocycles. The molecule has 2 N–H and O–H groups in total. The molecule has 1 aromatic carbocycles. The van der Waals surface area contributed by atoms with Crippen molar-refractivity contribution in [2.75, 3.05) is 33.3 Å². The fourth-order valence-corrected chi connectivity index (χ4v) is 3.66. The minimum absolute atomic E-state index is 0.387. The molecule has 0 bridgehead atoms. The summed E-state index contributed by atoms with van der Waals surface area (Å²) in [6, 6.07) is 6.91. The van der Waals surface area contributed by atoms with Crippen LogP contribution in [0.5, 0.6) is 5.75 Å². The van der Waals surface area contributed by atoms with Crippen molar-refractivity contribution in [2.45, 2.75) is 25.4 Å². The number of nitrogens with two attached hydrogens (primary N) is 1. The van der Waals surface area contributed by atoms with E-state index in [1.807, 2.05) is 6.07 Å². The van der Waals surface area contributed by atoms with Gasteiger partial charge in [-0.25, -0.2) is 0 Å². The van der Waals surface area contributed by atoms with Crippen molar-refractivity contribution in [3.63, 3.8) is 0 Å². The summed E-state index contributed by atoms with van der Waals surface area (Å²) in [5.74, 6) is 0.777. The van der Waals surface area contributed by atoms with Crippen LogP contribution < -0.4 is 10.5 Å². The molecular weight excluding hydrogens is 282 g/mol. The van der Waals surface area contributed by atoms with Gasteiger partial charge in [0.2, 0.25) is 0 Å². The SMILES string of the molecule is COc1cc(CN2CCN3CCCC3C2)ccc1C(N)=S. The maximum absolute atomic E-state index is 5.72. The summed E-state index contributed by atoms with van der Waals surface area (Å²) in [7, 11) is 1.66. The van der Waals surface area contributed by atoms with Gasteiger partial charge in [0.1, 0.15) is 10.7 Å². The van der Waals surface area contributed by atoms with Gasteiger partial charge in [-0.2, -0.15) is 0 Å². The maximum atomic E-state index is 5.72. The van der Waals surface area contributed by atoms with E-state index in [-0.39, 0.29) is 0 Å². The number of fused-ring (bicyclic) bond motifs is 1. The second kappa shape index (κ2) is 6.30. The monoisotopic (exact) mass is 305 g/mol. The van der Waals surface area contributed by atoms with Crippen LogP contribution in [0.3, 0.4) is 0 Å². The molecule has 1 atom stereocenters. The number of piperazine rings is 1. The maximum Gasteiger partial charge on any atom is 0.129 e. The Hall–Kier alpha value is -1.17. The molecule has 0 aromatic heterocycles. The summed E-state index contributed by atoms with van der Waals surface area (Å²) in [4.78, 5) is 5.56. The molecule has 2 saturated heterocycles. The number of rotatable bonds is 4. The molecule has 5 heteroatoms. The lowest BCUT2D eigenvalue weighted by Gasteiger charge is -2.37. The van der Waals surface area contributed by atoms with Crippen molar-refractivity contribution in [1.82, 2.24) is 9.80 Å². The Kier molecular flexibility index (Phi) is 4.42. The average Bonchev–Trinajstić information content (AvgIpc) is 2.94.